The van der Waals surface area contributed by atoms with Gasteiger partial charge in [0.05, 0.1) is 0 Å². The fraction of sp³-hybridized carbons (Fsp3) is 0.533. The summed E-state index contributed by atoms with van der Waals surface area (Å²) in [6.45, 7) is 12.0. The van der Waals surface area contributed by atoms with Gasteiger partial charge in [-0.3, -0.25) is 10.2 Å². The van der Waals surface area contributed by atoms with Gasteiger partial charge in [0.15, 0.2) is 0 Å². The second-order valence-corrected chi connectivity index (χ2v) is 6.89. The van der Waals surface area contributed by atoms with Gasteiger partial charge < -0.3 is 5.11 Å². The van der Waals surface area contributed by atoms with Crippen molar-refractivity contribution in [2.24, 2.45) is 5.84 Å². The first-order valence-corrected chi connectivity index (χ1v) is 6.37. The molecular weight excluding hydrogens is 240 g/mol. The standard InChI is InChI=1S/C15H24N2O2/c1-14(2,3)10-7-9(13(19)17-16)8-11(12(10)18)15(4,5)6/h7-8,18H,16H2,1-6H3,(H,17,19). The van der Waals surface area contributed by atoms with E-state index in [4.69, 9.17) is 5.84 Å². The maximum absolute atomic E-state index is 11.8. The Hall–Kier alpha value is -1.55. The number of benzene rings is 1. The molecule has 0 fully saturated rings. The molecule has 0 saturated carbocycles. The third kappa shape index (κ3) is 3.26. The SMILES string of the molecule is CC(C)(C)c1cc(C(=O)NN)cc(C(C)(C)C)c1O. The quantitative estimate of drug-likeness (QED) is 0.414. The number of nitrogens with one attached hydrogen (secondary N) is 1. The van der Waals surface area contributed by atoms with Gasteiger partial charge in [-0.05, 0) is 23.0 Å². The molecule has 0 unspecified atom stereocenters. The molecular formula is C15H24N2O2. The van der Waals surface area contributed by atoms with Gasteiger partial charge >= 0.3 is 0 Å². The number of nitrogen functional groups attached to an aromatic ring is 1. The summed E-state index contributed by atoms with van der Waals surface area (Å²) in [5, 5.41) is 10.5. The zero-order chi connectivity index (χ0) is 15.0. The molecule has 19 heavy (non-hydrogen) atoms. The molecule has 0 atom stereocenters. The molecule has 1 rings (SSSR count). The topological polar surface area (TPSA) is 75.4 Å². The number of nitrogens with two attached hydrogens (primary N) is 1. The lowest BCUT2D eigenvalue weighted by atomic mass is 9.78. The lowest BCUT2D eigenvalue weighted by Crippen LogP contribution is -2.31. The normalized spacial score (nSPS) is 12.4. The van der Waals surface area contributed by atoms with Crippen LogP contribution in [0.4, 0.5) is 0 Å². The van der Waals surface area contributed by atoms with Crippen molar-refractivity contribution >= 4 is 5.91 Å². The maximum Gasteiger partial charge on any atom is 0.265 e. The highest BCUT2D eigenvalue weighted by molar-refractivity contribution is 5.94. The Morgan fingerprint density at radius 2 is 1.42 bits per heavy atom. The first-order chi connectivity index (χ1) is 8.48. The largest absolute Gasteiger partial charge is 0.507 e. The highest BCUT2D eigenvalue weighted by atomic mass is 16.3. The molecule has 0 bridgehead atoms. The number of phenols is 1. The molecule has 4 nitrogen and oxygen atoms in total. The van der Waals surface area contributed by atoms with E-state index in [1.54, 1.807) is 12.1 Å². The molecule has 106 valence electrons. The number of rotatable bonds is 1. The van der Waals surface area contributed by atoms with E-state index in [1.807, 2.05) is 41.5 Å². The Morgan fingerprint density at radius 3 is 1.68 bits per heavy atom. The molecule has 0 radical (unpaired) electrons. The molecule has 0 heterocycles. The molecule has 1 amide bonds. The van der Waals surface area contributed by atoms with Crippen LogP contribution in [-0.4, -0.2) is 11.0 Å². The first kappa shape index (κ1) is 15.5. The van der Waals surface area contributed by atoms with Crippen molar-refractivity contribution in [3.63, 3.8) is 0 Å². The third-order valence-corrected chi connectivity index (χ3v) is 3.12. The molecule has 4 N–H and O–H groups in total. The second-order valence-electron chi connectivity index (χ2n) is 6.89. The van der Waals surface area contributed by atoms with Gasteiger partial charge in [0, 0.05) is 16.7 Å². The summed E-state index contributed by atoms with van der Waals surface area (Å²) < 4.78 is 0. The number of carbonyl (C=O) groups is 1. The van der Waals surface area contributed by atoms with Gasteiger partial charge in [-0.1, -0.05) is 41.5 Å². The second kappa shape index (κ2) is 4.85. The van der Waals surface area contributed by atoms with E-state index in [1.165, 1.54) is 0 Å². The fourth-order valence-electron chi connectivity index (χ4n) is 1.99. The van der Waals surface area contributed by atoms with E-state index in [0.29, 0.717) is 5.56 Å². The Bertz CT molecular complexity index is 459. The minimum atomic E-state index is -0.351. The molecule has 0 saturated heterocycles. The Kier molecular flexibility index (Phi) is 3.96. The average molecular weight is 264 g/mol. The number of carbonyl (C=O) groups excluding carboxylic acids is 1. The zero-order valence-electron chi connectivity index (χ0n) is 12.6. The molecule has 0 spiro atoms. The summed E-state index contributed by atoms with van der Waals surface area (Å²) in [6, 6.07) is 3.40. The molecule has 1 aromatic rings. The summed E-state index contributed by atoms with van der Waals surface area (Å²) in [6.07, 6.45) is 0. The van der Waals surface area contributed by atoms with Crippen LogP contribution in [0.1, 0.15) is 63.0 Å². The smallest absolute Gasteiger partial charge is 0.265 e. The molecule has 0 aliphatic heterocycles. The summed E-state index contributed by atoms with van der Waals surface area (Å²) in [4.78, 5) is 11.8. The van der Waals surface area contributed by atoms with Crippen LogP contribution in [-0.2, 0) is 10.8 Å². The van der Waals surface area contributed by atoms with Crippen LogP contribution in [0.2, 0.25) is 0 Å². The van der Waals surface area contributed by atoms with Crippen LogP contribution >= 0.6 is 0 Å². The average Bonchev–Trinajstić information content (AvgIpc) is 2.25. The van der Waals surface area contributed by atoms with E-state index in [0.717, 1.165) is 11.1 Å². The van der Waals surface area contributed by atoms with Gasteiger partial charge in [0.25, 0.3) is 5.91 Å². The van der Waals surface area contributed by atoms with E-state index in [9.17, 15) is 9.90 Å². The zero-order valence-corrected chi connectivity index (χ0v) is 12.6. The minimum absolute atomic E-state index is 0.255. The van der Waals surface area contributed by atoms with Crippen LogP contribution in [0.15, 0.2) is 12.1 Å². The molecule has 1 aromatic carbocycles. The summed E-state index contributed by atoms with van der Waals surface area (Å²) in [5.74, 6) is 5.11. The van der Waals surface area contributed by atoms with Gasteiger partial charge in [0.1, 0.15) is 5.75 Å². The number of phenolic OH excluding ortho intramolecular Hbond substituents is 1. The van der Waals surface area contributed by atoms with Crippen molar-refractivity contribution in [3.05, 3.63) is 28.8 Å². The predicted octanol–water partition coefficient (Wildman–Crippen LogP) is 2.59. The highest BCUT2D eigenvalue weighted by Crippen LogP contribution is 2.39. The van der Waals surface area contributed by atoms with Crippen molar-refractivity contribution in [1.29, 1.82) is 0 Å². The third-order valence-electron chi connectivity index (χ3n) is 3.12. The van der Waals surface area contributed by atoms with Gasteiger partial charge in [-0.25, -0.2) is 5.84 Å². The van der Waals surface area contributed by atoms with Gasteiger partial charge in [-0.15, -0.1) is 0 Å². The summed E-state index contributed by atoms with van der Waals surface area (Å²) in [5.41, 5.74) is 3.59. The number of hydrazine groups is 1. The van der Waals surface area contributed by atoms with E-state index < -0.39 is 0 Å². The minimum Gasteiger partial charge on any atom is -0.507 e. The molecule has 0 aliphatic rings. The summed E-state index contributed by atoms with van der Waals surface area (Å²) >= 11 is 0. The number of amides is 1. The molecule has 0 aliphatic carbocycles. The van der Waals surface area contributed by atoms with Crippen LogP contribution in [0.25, 0.3) is 0 Å². The highest BCUT2D eigenvalue weighted by Gasteiger charge is 2.27. The maximum atomic E-state index is 11.8. The number of hydrogen-bond acceptors (Lipinski definition) is 3. The molecule has 4 heteroatoms. The van der Waals surface area contributed by atoms with Gasteiger partial charge in [0.2, 0.25) is 0 Å². The predicted molar refractivity (Wildman–Crippen MR) is 77.2 cm³/mol. The van der Waals surface area contributed by atoms with E-state index in [-0.39, 0.29) is 22.5 Å². The van der Waals surface area contributed by atoms with Crippen molar-refractivity contribution in [2.45, 2.75) is 52.4 Å². The van der Waals surface area contributed by atoms with Crippen molar-refractivity contribution < 1.29 is 9.90 Å². The van der Waals surface area contributed by atoms with E-state index in [2.05, 4.69) is 5.43 Å². The number of hydrogen-bond donors (Lipinski definition) is 3. The van der Waals surface area contributed by atoms with Crippen LogP contribution < -0.4 is 11.3 Å². The van der Waals surface area contributed by atoms with Crippen molar-refractivity contribution in [1.82, 2.24) is 5.43 Å². The Labute approximate surface area is 115 Å². The monoisotopic (exact) mass is 264 g/mol. The van der Waals surface area contributed by atoms with E-state index >= 15 is 0 Å². The van der Waals surface area contributed by atoms with Crippen molar-refractivity contribution in [3.8, 4) is 5.75 Å². The summed E-state index contributed by atoms with van der Waals surface area (Å²) in [7, 11) is 0. The number of aromatic hydroxyl groups is 1. The Balaban J connectivity index is 3.62. The van der Waals surface area contributed by atoms with Crippen LogP contribution in [0.5, 0.6) is 5.75 Å². The lowest BCUT2D eigenvalue weighted by molar-refractivity contribution is 0.0953. The fourth-order valence-corrected chi connectivity index (χ4v) is 1.99. The lowest BCUT2D eigenvalue weighted by Gasteiger charge is -2.28. The van der Waals surface area contributed by atoms with Crippen LogP contribution in [0, 0.1) is 0 Å². The first-order valence-electron chi connectivity index (χ1n) is 6.37. The van der Waals surface area contributed by atoms with Crippen LogP contribution in [0.3, 0.4) is 0 Å². The van der Waals surface area contributed by atoms with Gasteiger partial charge in [-0.2, -0.15) is 0 Å². The Morgan fingerprint density at radius 1 is 1.05 bits per heavy atom. The van der Waals surface area contributed by atoms with Crippen molar-refractivity contribution in [2.75, 3.05) is 0 Å². The molecule has 0 aromatic heterocycles.